The number of rotatable bonds is 38. The quantitative estimate of drug-likeness (QED) is 0.0501. The van der Waals surface area contributed by atoms with Crippen LogP contribution in [0.1, 0.15) is 205 Å². The van der Waals surface area contributed by atoms with E-state index in [1.807, 2.05) is 60.7 Å². The normalized spacial score (nSPS) is 13.1. The number of aliphatic hydroxyl groups excluding tert-OH is 2. The fourth-order valence-corrected chi connectivity index (χ4v) is 7.26. The molecule has 0 aliphatic carbocycles. The van der Waals surface area contributed by atoms with Crippen LogP contribution in [-0.2, 0) is 32.3 Å². The Hall–Kier alpha value is -1.21. The molecule has 0 aliphatic heterocycles. The van der Waals surface area contributed by atoms with Gasteiger partial charge in [-0.2, -0.15) is 0 Å². The molecule has 2 aromatic rings. The molecule has 332 valence electrons. The van der Waals surface area contributed by atoms with Crippen LogP contribution in [0.2, 0.25) is 0 Å². The summed E-state index contributed by atoms with van der Waals surface area (Å²) in [6, 6.07) is 20.1. The minimum Gasteiger partial charge on any atom is -0.550 e. The Morgan fingerprint density at radius 3 is 1.07 bits per heavy atom. The van der Waals surface area contributed by atoms with E-state index in [0.717, 1.165) is 114 Å². The van der Waals surface area contributed by atoms with E-state index in [1.54, 1.807) is 0 Å². The smallest absolute Gasteiger partial charge is 0.550 e. The number of hydrogen-bond acceptors (Lipinski definition) is 8. The van der Waals surface area contributed by atoms with Gasteiger partial charge in [0.25, 0.3) is 0 Å². The van der Waals surface area contributed by atoms with Crippen molar-refractivity contribution in [1.29, 1.82) is 0 Å². The van der Waals surface area contributed by atoms with Crippen molar-refractivity contribution in [3.05, 3.63) is 71.8 Å². The molecule has 2 rings (SSSR count). The Kier molecular flexibility index (Phi) is 41.2. The van der Waals surface area contributed by atoms with Crippen molar-refractivity contribution in [3.63, 3.8) is 0 Å². The molecule has 0 aliphatic rings. The summed E-state index contributed by atoms with van der Waals surface area (Å²) < 4.78 is 12.1. The van der Waals surface area contributed by atoms with Crippen molar-refractivity contribution in [3.8, 4) is 0 Å². The van der Waals surface area contributed by atoms with Crippen molar-refractivity contribution in [1.82, 2.24) is 0 Å². The number of carbonyl (C=O) groups is 2. The minimum atomic E-state index is -0.990. The maximum absolute atomic E-state index is 10.7. The zero-order chi connectivity index (χ0) is 42.3. The number of aliphatic hydroxyl groups is 2. The van der Waals surface area contributed by atoms with Gasteiger partial charge in [-0.05, 0) is 88.2 Å². The number of carbonyl (C=O) groups excluding carboxylic acids is 2. The van der Waals surface area contributed by atoms with E-state index >= 15 is 0 Å². The van der Waals surface area contributed by atoms with Crippen LogP contribution in [0.5, 0.6) is 0 Å². The number of benzene rings is 2. The zero-order valence-corrected chi connectivity index (χ0v) is 41.8. The molecule has 0 heterocycles. The van der Waals surface area contributed by atoms with Gasteiger partial charge in [-0.1, -0.05) is 177 Å². The van der Waals surface area contributed by atoms with Gasteiger partial charge >= 0.3 is 48.9 Å². The average Bonchev–Trinajstić information content (AvgIpc) is 3.21. The number of carboxylic acid groups (broad SMARTS) is 2. The van der Waals surface area contributed by atoms with E-state index in [-0.39, 0.29) is 86.1 Å². The number of aliphatic carboxylic acids is 2. The number of ether oxygens (including phenoxy) is 2. The van der Waals surface area contributed by atoms with Gasteiger partial charge in [0.05, 0.1) is 37.6 Å². The second-order valence-electron chi connectivity index (χ2n) is 16.4. The largest absolute Gasteiger partial charge is 2.00 e. The van der Waals surface area contributed by atoms with Crippen LogP contribution in [0.3, 0.4) is 0 Å². The van der Waals surface area contributed by atoms with Crippen molar-refractivity contribution in [2.24, 2.45) is 0 Å². The first-order chi connectivity index (χ1) is 28.2. The molecule has 2 N–H and O–H groups in total. The fourth-order valence-electron chi connectivity index (χ4n) is 7.26. The van der Waals surface area contributed by atoms with Gasteiger partial charge in [0.15, 0.2) is 0 Å². The Bertz CT molecular complexity index is 1110. The van der Waals surface area contributed by atoms with E-state index in [0.29, 0.717) is 26.1 Å². The van der Waals surface area contributed by atoms with Gasteiger partial charge in [0.2, 0.25) is 0 Å². The first kappa shape index (κ1) is 57.8. The van der Waals surface area contributed by atoms with Gasteiger partial charge in [-0.3, -0.25) is 0 Å². The average molecular weight is 949 g/mol. The third-order valence-electron chi connectivity index (χ3n) is 10.9. The monoisotopic (exact) mass is 949 g/mol. The maximum atomic E-state index is 10.7. The van der Waals surface area contributed by atoms with Gasteiger partial charge in [-0.15, -0.1) is 0 Å². The number of unbranched alkanes of at least 4 members (excludes halogenated alkanes) is 12. The topological polar surface area (TPSA) is 139 Å². The molecule has 59 heavy (non-hydrogen) atoms. The van der Waals surface area contributed by atoms with E-state index in [9.17, 15) is 30.0 Å². The summed E-state index contributed by atoms with van der Waals surface area (Å²) in [5, 5.41) is 41.6. The van der Waals surface area contributed by atoms with Crippen LogP contribution < -0.4 is 10.2 Å². The Labute approximate surface area is 400 Å². The summed E-state index contributed by atoms with van der Waals surface area (Å²) in [7, 11) is 0. The molecule has 8 nitrogen and oxygen atoms in total. The Balaban J connectivity index is 0.00000112. The first-order valence-corrected chi connectivity index (χ1v) is 23.3. The van der Waals surface area contributed by atoms with Gasteiger partial charge < -0.3 is 39.5 Å². The molecular formula is C50H82BaO8. The Morgan fingerprint density at radius 1 is 0.458 bits per heavy atom. The molecule has 0 radical (unpaired) electrons. The second-order valence-corrected chi connectivity index (χ2v) is 16.4. The van der Waals surface area contributed by atoms with Gasteiger partial charge in [0, 0.05) is 11.9 Å². The summed E-state index contributed by atoms with van der Waals surface area (Å²) in [6.07, 6.45) is 27.0. The second kappa shape index (κ2) is 42.1. The molecule has 0 saturated heterocycles. The summed E-state index contributed by atoms with van der Waals surface area (Å²) >= 11 is 0. The van der Waals surface area contributed by atoms with E-state index in [4.69, 9.17) is 9.47 Å². The summed E-state index contributed by atoms with van der Waals surface area (Å²) in [6.45, 7) is 5.56. The SMILES string of the molecule is CCCCCCCC(O)CCCCCC(CCCC(=O)[O-])OCc1ccccc1.CCCCCCCC(O)CCCCCC(CCCC(=O)[O-])OCc1ccccc1.[Ba+2]. The van der Waals surface area contributed by atoms with E-state index < -0.39 is 11.9 Å². The molecule has 0 bridgehead atoms. The van der Waals surface area contributed by atoms with Crippen LogP contribution in [0.25, 0.3) is 0 Å². The fraction of sp³-hybridized carbons (Fsp3) is 0.720. The molecule has 0 fully saturated rings. The Morgan fingerprint density at radius 2 is 0.746 bits per heavy atom. The minimum absolute atomic E-state index is 0. The van der Waals surface area contributed by atoms with Gasteiger partial charge in [0.1, 0.15) is 0 Å². The van der Waals surface area contributed by atoms with Crippen LogP contribution in [0.4, 0.5) is 0 Å². The third kappa shape index (κ3) is 38.2. The summed E-state index contributed by atoms with van der Waals surface area (Å²) in [5.41, 5.74) is 2.28. The molecule has 2 aromatic carbocycles. The van der Waals surface area contributed by atoms with Crippen LogP contribution in [0.15, 0.2) is 60.7 Å². The molecule has 0 aromatic heterocycles. The zero-order valence-electron chi connectivity index (χ0n) is 37.3. The molecule has 4 atom stereocenters. The molecule has 4 unspecified atom stereocenters. The molecular weight excluding hydrogens is 866 g/mol. The van der Waals surface area contributed by atoms with Crippen LogP contribution in [0, 0.1) is 0 Å². The molecule has 0 saturated carbocycles. The van der Waals surface area contributed by atoms with Crippen molar-refractivity contribution in [2.75, 3.05) is 0 Å². The molecule has 0 amide bonds. The van der Waals surface area contributed by atoms with E-state index in [1.165, 1.54) is 51.4 Å². The number of hydrogen-bond donors (Lipinski definition) is 2. The summed E-state index contributed by atoms with van der Waals surface area (Å²) in [5.74, 6) is -1.98. The summed E-state index contributed by atoms with van der Waals surface area (Å²) in [4.78, 5) is 21.3. The molecule has 0 spiro atoms. The van der Waals surface area contributed by atoms with E-state index in [2.05, 4.69) is 13.8 Å². The predicted molar refractivity (Wildman–Crippen MR) is 238 cm³/mol. The van der Waals surface area contributed by atoms with Crippen LogP contribution >= 0.6 is 0 Å². The standard InChI is InChI=1S/2C25H42O4.Ba/c2*1-2-3-4-5-10-16-23(26)17-11-7-12-18-24(19-13-20-25(27)28)29-21-22-14-8-6-9-15-22;/h2*6,8-9,14-15,23-24,26H,2-5,7,10-13,16-21H2,1H3,(H,27,28);/q;;+2/p-2. The molecule has 9 heteroatoms. The number of carboxylic acids is 2. The first-order valence-electron chi connectivity index (χ1n) is 23.3. The van der Waals surface area contributed by atoms with Gasteiger partial charge in [-0.25, -0.2) is 0 Å². The van der Waals surface area contributed by atoms with Crippen molar-refractivity contribution < 1.29 is 39.5 Å². The predicted octanol–water partition coefficient (Wildman–Crippen LogP) is 9.95. The van der Waals surface area contributed by atoms with Crippen molar-refractivity contribution >= 4 is 60.8 Å². The maximum Gasteiger partial charge on any atom is 2.00 e. The third-order valence-corrected chi connectivity index (χ3v) is 10.9. The van der Waals surface area contributed by atoms with Crippen LogP contribution in [-0.4, -0.2) is 95.4 Å². The van der Waals surface area contributed by atoms with Crippen molar-refractivity contribution in [2.45, 2.75) is 231 Å².